The summed E-state index contributed by atoms with van der Waals surface area (Å²) in [4.78, 5) is 5.06. The molecular weight excluding hydrogens is 578 g/mol. The van der Waals surface area contributed by atoms with Gasteiger partial charge in [-0.3, -0.25) is 0 Å². The standard InChI is InChI=1S/C14H30N2S2.C10H15.C2H3N.Ni.Ru/c1-13(2,17)11-15-7-5-9-16(10-6-8-15)12-14(3,4)18;1-6-7(2)9(4)10(5)8(6)3;1-2-3;;/h17-18H,5-12H2,1-4H3;1-5H3;1H3;;/q;-1;;+3;+5/p-2. The van der Waals surface area contributed by atoms with E-state index < -0.39 is 0 Å². The van der Waals surface area contributed by atoms with Crippen molar-refractivity contribution in [3.8, 4) is 6.07 Å². The van der Waals surface area contributed by atoms with Crippen LogP contribution in [0.25, 0.3) is 0 Å². The first-order valence-electron chi connectivity index (χ1n) is 11.5. The average Bonchev–Trinajstić information content (AvgIpc) is 2.76. The van der Waals surface area contributed by atoms with E-state index in [1.165, 1.54) is 73.8 Å². The Hall–Kier alpha value is 0.577. The molecule has 1 heterocycles. The van der Waals surface area contributed by atoms with E-state index in [-0.39, 0.29) is 45.5 Å². The molecule has 0 aliphatic carbocycles. The van der Waals surface area contributed by atoms with Gasteiger partial charge in [0.2, 0.25) is 0 Å². The summed E-state index contributed by atoms with van der Waals surface area (Å²) in [6.45, 7) is 27.8. The van der Waals surface area contributed by atoms with Gasteiger partial charge in [0.05, 0.1) is 6.07 Å². The average molecular weight is 625 g/mol. The van der Waals surface area contributed by atoms with Gasteiger partial charge in [0.25, 0.3) is 0 Å². The summed E-state index contributed by atoms with van der Waals surface area (Å²) >= 11 is 10.9. The summed E-state index contributed by atoms with van der Waals surface area (Å²) in [7, 11) is 0. The number of nitrogens with zero attached hydrogens (tertiary/aromatic N) is 3. The van der Waals surface area contributed by atoms with Gasteiger partial charge < -0.3 is 35.1 Å². The third-order valence-electron chi connectivity index (χ3n) is 5.92. The molecule has 0 saturated carbocycles. The summed E-state index contributed by atoms with van der Waals surface area (Å²) in [6, 6.07) is 1.75. The molecule has 33 heavy (non-hydrogen) atoms. The van der Waals surface area contributed by atoms with Crippen LogP contribution >= 0.6 is 0 Å². The van der Waals surface area contributed by atoms with E-state index in [2.05, 4.69) is 72.1 Å². The van der Waals surface area contributed by atoms with Gasteiger partial charge in [-0.1, -0.05) is 62.3 Å². The Bertz CT molecular complexity index is 586. The zero-order chi connectivity index (χ0) is 24.4. The molecule has 0 N–H and O–H groups in total. The van der Waals surface area contributed by atoms with Crippen LogP contribution in [0.15, 0.2) is 0 Å². The molecule has 1 saturated heterocycles. The first-order chi connectivity index (χ1) is 14.1. The smallest absolute Gasteiger partial charge is 0.785 e. The predicted molar refractivity (Wildman–Crippen MR) is 142 cm³/mol. The van der Waals surface area contributed by atoms with E-state index in [1.54, 1.807) is 6.07 Å². The normalized spacial score (nSPS) is 15.2. The van der Waals surface area contributed by atoms with Crippen molar-refractivity contribution >= 4 is 25.3 Å². The van der Waals surface area contributed by atoms with Gasteiger partial charge in [-0.2, -0.15) is 33.1 Å². The van der Waals surface area contributed by atoms with Crippen LogP contribution in [0.1, 0.15) is 75.3 Å². The van der Waals surface area contributed by atoms with Crippen LogP contribution in [0.4, 0.5) is 0 Å². The second kappa shape index (κ2) is 17.9. The largest absolute Gasteiger partial charge is 5.00 e. The van der Waals surface area contributed by atoms with Crippen LogP contribution in [0.5, 0.6) is 0 Å². The van der Waals surface area contributed by atoms with Gasteiger partial charge in [-0.25, -0.2) is 0 Å². The van der Waals surface area contributed by atoms with Crippen LogP contribution in [0.3, 0.4) is 0 Å². The van der Waals surface area contributed by atoms with E-state index in [9.17, 15) is 0 Å². The molecule has 7 heteroatoms. The predicted octanol–water partition coefficient (Wildman–Crippen LogP) is 5.51. The van der Waals surface area contributed by atoms with Crippen LogP contribution < -0.4 is 0 Å². The fourth-order valence-corrected chi connectivity index (χ4v) is 4.42. The third kappa shape index (κ3) is 16.8. The Morgan fingerprint density at radius 1 is 0.818 bits per heavy atom. The molecular formula is C26H46N3NiRuS2+5. The van der Waals surface area contributed by atoms with E-state index in [0.29, 0.717) is 0 Å². The van der Waals surface area contributed by atoms with E-state index >= 15 is 0 Å². The molecule has 0 amide bonds. The molecule has 1 aliphatic rings. The van der Waals surface area contributed by atoms with E-state index in [1.807, 2.05) is 0 Å². The van der Waals surface area contributed by atoms with Crippen molar-refractivity contribution in [3.63, 3.8) is 0 Å². The van der Waals surface area contributed by atoms with Crippen molar-refractivity contribution in [3.05, 3.63) is 27.8 Å². The Kier molecular flexibility index (Phi) is 20.7. The summed E-state index contributed by atoms with van der Waals surface area (Å²) in [5.74, 6) is 0. The minimum Gasteiger partial charge on any atom is -0.785 e. The fourth-order valence-electron chi connectivity index (χ4n) is 4.06. The Labute approximate surface area is 239 Å². The summed E-state index contributed by atoms with van der Waals surface area (Å²) in [5.41, 5.74) is 7.34. The van der Waals surface area contributed by atoms with Gasteiger partial charge in [0, 0.05) is 6.92 Å². The molecule has 0 bridgehead atoms. The topological polar surface area (TPSA) is 30.3 Å². The molecule has 2 radical (unpaired) electrons. The molecule has 0 atom stereocenters. The summed E-state index contributed by atoms with van der Waals surface area (Å²) < 4.78 is 0.00296. The zero-order valence-electron chi connectivity index (χ0n) is 22.5. The SMILES string of the molecule is CC#N.CC(C)([S-])CN1CCCN(CC(C)(C)[S-])CCC1.Cc1c(C)c(C)[c-](C)c1C.[Ni+3].[Ru+5]. The summed E-state index contributed by atoms with van der Waals surface area (Å²) in [5, 5.41) is 7.32. The maximum absolute atomic E-state index is 7.32. The fraction of sp³-hybridized carbons (Fsp3) is 0.769. The maximum Gasteiger partial charge on any atom is 5.00 e. The van der Waals surface area contributed by atoms with Crippen molar-refractivity contribution < 1.29 is 36.0 Å². The molecule has 1 aromatic carbocycles. The molecule has 0 aromatic heterocycles. The van der Waals surface area contributed by atoms with Crippen LogP contribution in [-0.2, 0) is 61.2 Å². The Morgan fingerprint density at radius 3 is 1.21 bits per heavy atom. The summed E-state index contributed by atoms with van der Waals surface area (Å²) in [6.07, 6.45) is 2.47. The number of hydrogen-bond donors (Lipinski definition) is 0. The van der Waals surface area contributed by atoms with Crippen molar-refractivity contribution in [2.75, 3.05) is 39.3 Å². The maximum atomic E-state index is 7.32. The second-order valence-corrected chi connectivity index (χ2v) is 12.3. The molecule has 1 aromatic rings. The first kappa shape index (κ1) is 38.1. The number of nitriles is 1. The number of hydrogen-bond acceptors (Lipinski definition) is 5. The van der Waals surface area contributed by atoms with Crippen molar-refractivity contribution in [1.82, 2.24) is 9.80 Å². The minimum absolute atomic E-state index is 0. The number of rotatable bonds is 4. The van der Waals surface area contributed by atoms with Crippen molar-refractivity contribution in [2.24, 2.45) is 0 Å². The Morgan fingerprint density at radius 2 is 1.06 bits per heavy atom. The third-order valence-corrected chi connectivity index (χ3v) is 6.18. The molecule has 1 aliphatic heterocycles. The van der Waals surface area contributed by atoms with Gasteiger partial charge in [0.1, 0.15) is 0 Å². The second-order valence-electron chi connectivity index (χ2n) is 10.1. The van der Waals surface area contributed by atoms with Crippen LogP contribution in [-0.4, -0.2) is 58.6 Å². The molecule has 3 nitrogen and oxygen atoms in total. The van der Waals surface area contributed by atoms with Gasteiger partial charge in [0.15, 0.2) is 0 Å². The van der Waals surface area contributed by atoms with Gasteiger partial charge in [-0.05, 0) is 52.1 Å². The monoisotopic (exact) mass is 624 g/mol. The zero-order valence-corrected chi connectivity index (χ0v) is 26.8. The Balaban J connectivity index is -0.000000510. The molecule has 1 fully saturated rings. The molecule has 0 spiro atoms. The quantitative estimate of drug-likeness (QED) is 0.251. The van der Waals surface area contributed by atoms with Gasteiger partial charge >= 0.3 is 36.0 Å². The van der Waals surface area contributed by atoms with Gasteiger partial charge in [-0.15, -0.1) is 9.49 Å². The van der Waals surface area contributed by atoms with Crippen LogP contribution in [0.2, 0.25) is 0 Å². The molecule has 0 unspecified atom stereocenters. The molecule has 190 valence electrons. The van der Waals surface area contributed by atoms with Crippen molar-refractivity contribution in [2.45, 2.75) is 91.6 Å². The first-order valence-corrected chi connectivity index (χ1v) is 12.3. The van der Waals surface area contributed by atoms with E-state index in [0.717, 1.165) is 13.1 Å². The molecule has 2 rings (SSSR count). The minimum atomic E-state index is 0. The van der Waals surface area contributed by atoms with Crippen molar-refractivity contribution in [1.29, 1.82) is 5.26 Å². The van der Waals surface area contributed by atoms with Crippen LogP contribution in [0, 0.1) is 45.9 Å². The van der Waals surface area contributed by atoms with E-state index in [4.69, 9.17) is 30.5 Å².